The maximum absolute atomic E-state index is 11.5. The maximum atomic E-state index is 11.5. The minimum atomic E-state index is -1.08. The number of aliphatic carboxylic acids is 1. The minimum Gasteiger partial charge on any atom is -0.480 e. The summed E-state index contributed by atoms with van der Waals surface area (Å²) in [4.78, 5) is 22.7. The van der Waals surface area contributed by atoms with Crippen molar-refractivity contribution in [3.63, 3.8) is 0 Å². The molecule has 0 spiro atoms. The third-order valence-corrected chi connectivity index (χ3v) is 2.82. The molecule has 0 aliphatic heterocycles. The van der Waals surface area contributed by atoms with Crippen LogP contribution < -0.4 is 11.1 Å². The maximum Gasteiger partial charge on any atom is 0.325 e. The molecule has 0 saturated heterocycles. The van der Waals surface area contributed by atoms with Crippen LogP contribution in [0.3, 0.4) is 0 Å². The molecule has 5 nitrogen and oxygen atoms in total. The highest BCUT2D eigenvalue weighted by Crippen LogP contribution is 2.16. The van der Waals surface area contributed by atoms with Gasteiger partial charge in [-0.1, -0.05) is 6.07 Å². The molecule has 1 aromatic heterocycles. The van der Waals surface area contributed by atoms with E-state index in [-0.39, 0.29) is 0 Å². The quantitative estimate of drug-likeness (QED) is 0.692. The Morgan fingerprint density at radius 2 is 2.27 bits per heavy atom. The van der Waals surface area contributed by atoms with E-state index in [1.807, 2.05) is 5.38 Å². The molecule has 0 fully saturated rings. The number of thiophene rings is 1. The van der Waals surface area contributed by atoms with Crippen molar-refractivity contribution in [1.82, 2.24) is 5.32 Å². The zero-order chi connectivity index (χ0) is 11.4. The van der Waals surface area contributed by atoms with Crippen LogP contribution in [-0.2, 0) is 9.59 Å². The van der Waals surface area contributed by atoms with Gasteiger partial charge < -0.3 is 16.2 Å². The molecule has 0 radical (unpaired) electrons. The number of amides is 1. The van der Waals surface area contributed by atoms with Gasteiger partial charge in [0.25, 0.3) is 0 Å². The van der Waals surface area contributed by atoms with E-state index in [1.54, 1.807) is 12.1 Å². The van der Waals surface area contributed by atoms with Gasteiger partial charge in [0.1, 0.15) is 12.1 Å². The van der Waals surface area contributed by atoms with E-state index in [0.717, 1.165) is 0 Å². The van der Waals surface area contributed by atoms with Gasteiger partial charge in [0.15, 0.2) is 0 Å². The Kier molecular flexibility index (Phi) is 3.81. The van der Waals surface area contributed by atoms with Crippen molar-refractivity contribution in [1.29, 1.82) is 0 Å². The number of carboxylic acid groups (broad SMARTS) is 1. The summed E-state index contributed by atoms with van der Waals surface area (Å²) in [5.74, 6) is -1.56. The number of carboxylic acids is 1. The van der Waals surface area contributed by atoms with Gasteiger partial charge >= 0.3 is 5.97 Å². The van der Waals surface area contributed by atoms with Gasteiger partial charge in [-0.3, -0.25) is 9.59 Å². The molecular weight excluding hydrogens is 216 g/mol. The zero-order valence-electron chi connectivity index (χ0n) is 8.14. The van der Waals surface area contributed by atoms with Gasteiger partial charge in [0.2, 0.25) is 5.91 Å². The average Bonchev–Trinajstić information content (AvgIpc) is 2.68. The van der Waals surface area contributed by atoms with Gasteiger partial charge in [-0.15, -0.1) is 11.3 Å². The summed E-state index contributed by atoms with van der Waals surface area (Å²) >= 11 is 1.36. The lowest BCUT2D eigenvalue weighted by Gasteiger charge is -2.13. The molecule has 0 bridgehead atoms. The lowest BCUT2D eigenvalue weighted by Crippen LogP contribution is -2.42. The number of hydrogen-bond donors (Lipinski definition) is 3. The molecule has 6 heteroatoms. The topological polar surface area (TPSA) is 92.4 Å². The smallest absolute Gasteiger partial charge is 0.325 e. The van der Waals surface area contributed by atoms with E-state index in [2.05, 4.69) is 5.32 Å². The molecule has 15 heavy (non-hydrogen) atoms. The fourth-order valence-electron chi connectivity index (χ4n) is 0.962. The van der Waals surface area contributed by atoms with Crippen LogP contribution in [0.2, 0.25) is 0 Å². The first-order chi connectivity index (χ1) is 7.02. The Bertz CT molecular complexity index is 350. The van der Waals surface area contributed by atoms with Crippen LogP contribution in [0.1, 0.15) is 17.8 Å². The van der Waals surface area contributed by atoms with Crippen molar-refractivity contribution in [3.05, 3.63) is 22.4 Å². The third kappa shape index (κ3) is 3.03. The predicted molar refractivity (Wildman–Crippen MR) is 56.5 cm³/mol. The zero-order valence-corrected chi connectivity index (χ0v) is 8.95. The average molecular weight is 228 g/mol. The fourth-order valence-corrected chi connectivity index (χ4v) is 1.69. The summed E-state index contributed by atoms with van der Waals surface area (Å²) in [6.07, 6.45) is 0. The molecule has 82 valence electrons. The van der Waals surface area contributed by atoms with Gasteiger partial charge in [0.05, 0.1) is 0 Å². The van der Waals surface area contributed by atoms with Gasteiger partial charge in [-0.05, 0) is 18.4 Å². The highest BCUT2D eigenvalue weighted by Gasteiger charge is 2.20. The number of carbonyl (C=O) groups is 2. The molecule has 1 heterocycles. The van der Waals surface area contributed by atoms with Crippen LogP contribution in [0, 0.1) is 0 Å². The first-order valence-corrected chi connectivity index (χ1v) is 5.22. The molecule has 0 saturated carbocycles. The van der Waals surface area contributed by atoms with Crippen LogP contribution in [0.4, 0.5) is 0 Å². The summed E-state index contributed by atoms with van der Waals surface area (Å²) in [5.41, 5.74) is 5.64. The highest BCUT2D eigenvalue weighted by molar-refractivity contribution is 7.10. The lowest BCUT2D eigenvalue weighted by atomic mass is 10.2. The van der Waals surface area contributed by atoms with E-state index >= 15 is 0 Å². The predicted octanol–water partition coefficient (Wildman–Crippen LogP) is 0.337. The van der Waals surface area contributed by atoms with Crippen LogP contribution in [-0.4, -0.2) is 23.0 Å². The number of nitrogens with two attached hydrogens (primary N) is 1. The van der Waals surface area contributed by atoms with E-state index in [0.29, 0.717) is 4.88 Å². The summed E-state index contributed by atoms with van der Waals surface area (Å²) in [6.45, 7) is 1.39. The second-order valence-electron chi connectivity index (χ2n) is 3.06. The van der Waals surface area contributed by atoms with Crippen molar-refractivity contribution in [2.24, 2.45) is 5.73 Å². The Hall–Kier alpha value is -1.40. The number of carbonyl (C=O) groups excluding carboxylic acids is 1. The van der Waals surface area contributed by atoms with Gasteiger partial charge in [0, 0.05) is 4.88 Å². The fraction of sp³-hybridized carbons (Fsp3) is 0.333. The Balaban J connectivity index is 2.58. The Morgan fingerprint density at radius 1 is 1.60 bits per heavy atom. The molecule has 2 atom stereocenters. The first-order valence-electron chi connectivity index (χ1n) is 4.34. The minimum absolute atomic E-state index is 0.479. The van der Waals surface area contributed by atoms with E-state index in [4.69, 9.17) is 10.8 Å². The molecule has 4 N–H and O–H groups in total. The standard InChI is InChI=1S/C9H12N2O3S/c1-5(9(13)14)11-8(12)7(10)6-3-2-4-15-6/h2-5,7H,10H2,1H3,(H,11,12)(H,13,14). The molecule has 0 aromatic carbocycles. The first kappa shape index (κ1) is 11.7. The molecular formula is C9H12N2O3S. The second-order valence-corrected chi connectivity index (χ2v) is 4.04. The van der Waals surface area contributed by atoms with Crippen LogP contribution >= 0.6 is 11.3 Å². The molecule has 2 unspecified atom stereocenters. The Labute approximate surface area is 90.9 Å². The van der Waals surface area contributed by atoms with Crippen molar-refractivity contribution >= 4 is 23.2 Å². The van der Waals surface area contributed by atoms with Crippen LogP contribution in [0.25, 0.3) is 0 Å². The largest absolute Gasteiger partial charge is 0.480 e. The molecule has 1 amide bonds. The molecule has 1 rings (SSSR count). The number of hydrogen-bond acceptors (Lipinski definition) is 4. The van der Waals surface area contributed by atoms with E-state index in [9.17, 15) is 9.59 Å². The van der Waals surface area contributed by atoms with Crippen LogP contribution in [0.15, 0.2) is 17.5 Å². The SMILES string of the molecule is CC(NC(=O)C(N)c1cccs1)C(=O)O. The summed E-state index contributed by atoms with van der Waals surface area (Å²) in [5, 5.41) is 12.7. The summed E-state index contributed by atoms with van der Waals surface area (Å²) in [7, 11) is 0. The van der Waals surface area contributed by atoms with Crippen molar-refractivity contribution < 1.29 is 14.7 Å². The van der Waals surface area contributed by atoms with E-state index < -0.39 is 24.0 Å². The Morgan fingerprint density at radius 3 is 2.73 bits per heavy atom. The van der Waals surface area contributed by atoms with E-state index in [1.165, 1.54) is 18.3 Å². The van der Waals surface area contributed by atoms with Crippen molar-refractivity contribution in [2.75, 3.05) is 0 Å². The second kappa shape index (κ2) is 4.90. The van der Waals surface area contributed by atoms with Gasteiger partial charge in [-0.25, -0.2) is 0 Å². The summed E-state index contributed by atoms with van der Waals surface area (Å²) in [6, 6.07) is 1.80. The van der Waals surface area contributed by atoms with Crippen molar-refractivity contribution in [3.8, 4) is 0 Å². The molecule has 0 aliphatic carbocycles. The normalized spacial score (nSPS) is 14.3. The number of nitrogens with one attached hydrogen (secondary N) is 1. The lowest BCUT2D eigenvalue weighted by molar-refractivity contribution is -0.141. The molecule has 0 aliphatic rings. The third-order valence-electron chi connectivity index (χ3n) is 1.86. The molecule has 1 aromatic rings. The number of rotatable bonds is 4. The summed E-state index contributed by atoms with van der Waals surface area (Å²) < 4.78 is 0. The van der Waals surface area contributed by atoms with Crippen molar-refractivity contribution in [2.45, 2.75) is 19.0 Å². The van der Waals surface area contributed by atoms with Crippen LogP contribution in [0.5, 0.6) is 0 Å². The monoisotopic (exact) mass is 228 g/mol. The highest BCUT2D eigenvalue weighted by atomic mass is 32.1. The van der Waals surface area contributed by atoms with Gasteiger partial charge in [-0.2, -0.15) is 0 Å².